The quantitative estimate of drug-likeness (QED) is 0.547. The van der Waals surface area contributed by atoms with Crippen molar-refractivity contribution in [2.24, 2.45) is 0 Å². The number of likely N-dealkylation sites (tertiary alicyclic amines) is 1. The largest absolute Gasteiger partial charge is 0.487 e. The minimum absolute atomic E-state index is 0.103. The number of piperidine rings is 1. The van der Waals surface area contributed by atoms with Crippen LogP contribution in [-0.4, -0.2) is 46.3 Å². The van der Waals surface area contributed by atoms with Crippen molar-refractivity contribution in [2.75, 3.05) is 20.1 Å². The molecule has 3 aromatic rings. The van der Waals surface area contributed by atoms with Crippen molar-refractivity contribution in [3.05, 3.63) is 76.6 Å². The maximum atomic E-state index is 13.6. The number of fused-ring (bicyclic) bond motifs is 1. The van der Waals surface area contributed by atoms with Crippen molar-refractivity contribution in [2.45, 2.75) is 50.7 Å². The molecule has 0 bridgehead atoms. The van der Waals surface area contributed by atoms with Crippen molar-refractivity contribution < 1.29 is 9.53 Å². The van der Waals surface area contributed by atoms with Gasteiger partial charge in [0.05, 0.1) is 29.2 Å². The molecule has 6 nitrogen and oxygen atoms in total. The fourth-order valence-electron chi connectivity index (χ4n) is 5.19. The zero-order chi connectivity index (χ0) is 23.9. The lowest BCUT2D eigenvalue weighted by Crippen LogP contribution is -2.51. The Morgan fingerprint density at radius 1 is 1.15 bits per heavy atom. The van der Waals surface area contributed by atoms with E-state index in [1.165, 1.54) is 0 Å². The first-order valence-corrected chi connectivity index (χ1v) is 12.3. The van der Waals surface area contributed by atoms with Gasteiger partial charge in [-0.1, -0.05) is 43.6 Å². The molecule has 1 fully saturated rings. The zero-order valence-electron chi connectivity index (χ0n) is 19.9. The molecule has 2 aromatic carbocycles. The standard InChI is InChI=1S/C27H31ClN4O2/c1-18(2)25-22(17-29-32(25)20-10-8-19(28)9-11-20)26(33)30-23-16-27(12-14-31(3)15-13-27)34-24-7-5-4-6-21(23)24/h4-11,17-18,23H,12-16H2,1-3H3,(H,30,33). The first-order valence-electron chi connectivity index (χ1n) is 12.0. The zero-order valence-corrected chi connectivity index (χ0v) is 20.7. The SMILES string of the molecule is CC(C)c1c(C(=O)NC2CC3(CCN(C)CC3)Oc3ccccc32)cnn1-c1ccc(Cl)cc1. The van der Waals surface area contributed by atoms with Crippen LogP contribution in [-0.2, 0) is 0 Å². The second kappa shape index (κ2) is 9.08. The lowest BCUT2D eigenvalue weighted by atomic mass is 9.80. The van der Waals surface area contributed by atoms with Crippen LogP contribution in [0.25, 0.3) is 5.69 Å². The van der Waals surface area contributed by atoms with Gasteiger partial charge < -0.3 is 15.0 Å². The highest BCUT2D eigenvalue weighted by Gasteiger charge is 2.43. The molecule has 1 unspecified atom stereocenters. The molecule has 0 saturated carbocycles. The van der Waals surface area contributed by atoms with Crippen molar-refractivity contribution >= 4 is 17.5 Å². The molecule has 0 radical (unpaired) electrons. The topological polar surface area (TPSA) is 59.4 Å². The van der Waals surface area contributed by atoms with Gasteiger partial charge >= 0.3 is 0 Å². The molecule has 1 aromatic heterocycles. The van der Waals surface area contributed by atoms with Crippen LogP contribution in [0.2, 0.25) is 5.02 Å². The summed E-state index contributed by atoms with van der Waals surface area (Å²) in [6.45, 7) is 6.15. The van der Waals surface area contributed by atoms with E-state index in [2.05, 4.69) is 42.3 Å². The first-order chi connectivity index (χ1) is 16.3. The van der Waals surface area contributed by atoms with Crippen LogP contribution in [0.3, 0.4) is 0 Å². The molecule has 1 spiro atoms. The van der Waals surface area contributed by atoms with E-state index in [0.717, 1.165) is 55.0 Å². The number of amides is 1. The molecule has 1 amide bonds. The maximum absolute atomic E-state index is 13.6. The second-order valence-corrected chi connectivity index (χ2v) is 10.3. The Kier molecular flexibility index (Phi) is 6.13. The summed E-state index contributed by atoms with van der Waals surface area (Å²) in [5.74, 6) is 0.888. The number of benzene rings is 2. The predicted octanol–water partition coefficient (Wildman–Crippen LogP) is 5.37. The van der Waals surface area contributed by atoms with Crippen LogP contribution in [0.15, 0.2) is 54.7 Å². The summed E-state index contributed by atoms with van der Waals surface area (Å²) in [5, 5.41) is 8.57. The molecular formula is C27H31ClN4O2. The third-order valence-electron chi connectivity index (χ3n) is 7.07. The number of para-hydroxylation sites is 1. The number of carbonyl (C=O) groups is 1. The van der Waals surface area contributed by atoms with E-state index in [1.807, 2.05) is 47.1 Å². The van der Waals surface area contributed by atoms with Crippen LogP contribution < -0.4 is 10.1 Å². The van der Waals surface area contributed by atoms with Gasteiger partial charge in [-0.15, -0.1) is 0 Å². The van der Waals surface area contributed by atoms with Gasteiger partial charge in [-0.05, 0) is 56.1 Å². The molecule has 34 heavy (non-hydrogen) atoms. The van der Waals surface area contributed by atoms with Crippen molar-refractivity contribution in [1.29, 1.82) is 0 Å². The highest BCUT2D eigenvalue weighted by molar-refractivity contribution is 6.30. The molecule has 2 aliphatic rings. The first kappa shape index (κ1) is 22.9. The average molecular weight is 479 g/mol. The molecule has 1 atom stereocenters. The number of hydrogen-bond acceptors (Lipinski definition) is 4. The monoisotopic (exact) mass is 478 g/mol. The van der Waals surface area contributed by atoms with E-state index in [1.54, 1.807) is 6.20 Å². The molecule has 3 heterocycles. The van der Waals surface area contributed by atoms with Gasteiger partial charge in [-0.25, -0.2) is 4.68 Å². The smallest absolute Gasteiger partial charge is 0.255 e. The fourth-order valence-corrected chi connectivity index (χ4v) is 5.32. The van der Waals surface area contributed by atoms with Crippen molar-refractivity contribution in [3.8, 4) is 11.4 Å². The van der Waals surface area contributed by atoms with E-state index in [0.29, 0.717) is 10.6 Å². The highest BCUT2D eigenvalue weighted by Crippen LogP contribution is 2.44. The Labute approximate surface area is 205 Å². The minimum Gasteiger partial charge on any atom is -0.487 e. The molecule has 1 N–H and O–H groups in total. The molecule has 1 saturated heterocycles. The number of carbonyl (C=O) groups excluding carboxylic acids is 1. The van der Waals surface area contributed by atoms with E-state index in [9.17, 15) is 4.79 Å². The van der Waals surface area contributed by atoms with Crippen LogP contribution >= 0.6 is 11.6 Å². The van der Waals surface area contributed by atoms with E-state index < -0.39 is 0 Å². The Bertz CT molecular complexity index is 1180. The van der Waals surface area contributed by atoms with Gasteiger partial charge in [-0.2, -0.15) is 5.10 Å². The summed E-state index contributed by atoms with van der Waals surface area (Å²) in [7, 11) is 2.15. The Morgan fingerprint density at radius 2 is 1.85 bits per heavy atom. The number of nitrogens with one attached hydrogen (secondary N) is 1. The molecule has 0 aliphatic carbocycles. The van der Waals surface area contributed by atoms with E-state index in [4.69, 9.17) is 16.3 Å². The van der Waals surface area contributed by atoms with E-state index in [-0.39, 0.29) is 23.5 Å². The third kappa shape index (κ3) is 4.32. The predicted molar refractivity (Wildman–Crippen MR) is 134 cm³/mol. The van der Waals surface area contributed by atoms with Gasteiger partial charge in [0.1, 0.15) is 11.4 Å². The molecule has 7 heteroatoms. The van der Waals surface area contributed by atoms with Crippen molar-refractivity contribution in [1.82, 2.24) is 20.0 Å². The number of aromatic nitrogens is 2. The Balaban J connectivity index is 1.45. The number of halogens is 1. The Hall–Kier alpha value is -2.83. The van der Waals surface area contributed by atoms with E-state index >= 15 is 0 Å². The summed E-state index contributed by atoms with van der Waals surface area (Å²) < 4.78 is 8.39. The van der Waals surface area contributed by atoms with Gasteiger partial charge in [0, 0.05) is 30.1 Å². The number of hydrogen-bond donors (Lipinski definition) is 1. The maximum Gasteiger partial charge on any atom is 0.255 e. The number of ether oxygens (including phenoxy) is 1. The summed E-state index contributed by atoms with van der Waals surface area (Å²) in [6, 6.07) is 15.5. The van der Waals surface area contributed by atoms with Crippen molar-refractivity contribution in [3.63, 3.8) is 0 Å². The molecule has 2 aliphatic heterocycles. The van der Waals surface area contributed by atoms with Gasteiger partial charge in [0.15, 0.2) is 0 Å². The molecular weight excluding hydrogens is 448 g/mol. The van der Waals surface area contributed by atoms with Gasteiger partial charge in [0.2, 0.25) is 0 Å². The van der Waals surface area contributed by atoms with Gasteiger partial charge in [-0.3, -0.25) is 4.79 Å². The second-order valence-electron chi connectivity index (χ2n) is 9.84. The fraction of sp³-hybridized carbons (Fsp3) is 0.407. The number of nitrogens with zero attached hydrogens (tertiary/aromatic N) is 3. The lowest BCUT2D eigenvalue weighted by Gasteiger charge is -2.46. The molecule has 5 rings (SSSR count). The summed E-state index contributed by atoms with van der Waals surface area (Å²) in [6.07, 6.45) is 4.35. The summed E-state index contributed by atoms with van der Waals surface area (Å²) in [4.78, 5) is 16.0. The number of rotatable bonds is 4. The third-order valence-corrected chi connectivity index (χ3v) is 7.32. The average Bonchev–Trinajstić information content (AvgIpc) is 3.27. The lowest BCUT2D eigenvalue weighted by molar-refractivity contribution is -0.0195. The van der Waals surface area contributed by atoms with Crippen LogP contribution in [0.4, 0.5) is 0 Å². The van der Waals surface area contributed by atoms with Crippen LogP contribution in [0, 0.1) is 0 Å². The van der Waals surface area contributed by atoms with Crippen LogP contribution in [0.1, 0.15) is 66.7 Å². The summed E-state index contributed by atoms with van der Waals surface area (Å²) in [5.41, 5.74) is 3.17. The normalized spacial score (nSPS) is 19.6. The minimum atomic E-state index is -0.243. The highest BCUT2D eigenvalue weighted by atomic mass is 35.5. The Morgan fingerprint density at radius 3 is 2.56 bits per heavy atom. The van der Waals surface area contributed by atoms with Crippen LogP contribution in [0.5, 0.6) is 5.75 Å². The summed E-state index contributed by atoms with van der Waals surface area (Å²) >= 11 is 6.07. The van der Waals surface area contributed by atoms with Gasteiger partial charge in [0.25, 0.3) is 5.91 Å². The molecule has 178 valence electrons.